The molecule has 1 amide bonds. The molecule has 5 nitrogen and oxygen atoms in total. The van der Waals surface area contributed by atoms with Crippen LogP contribution in [0.15, 0.2) is 48.5 Å². The van der Waals surface area contributed by atoms with Gasteiger partial charge >= 0.3 is 0 Å². The third-order valence-corrected chi connectivity index (χ3v) is 4.20. The standard InChI is InChI=1S/C19H24N4O/c1-2-11-21-19(24)16-9-6-10-18(22-16)23-13-12-20-17(14-23)15-7-4-3-5-8-15/h3-10,17,20H,2,11-14H2,1H3,(H,21,24). The van der Waals surface area contributed by atoms with Gasteiger partial charge in [-0.3, -0.25) is 4.79 Å². The molecule has 126 valence electrons. The van der Waals surface area contributed by atoms with Crippen molar-refractivity contribution in [1.82, 2.24) is 15.6 Å². The fourth-order valence-corrected chi connectivity index (χ4v) is 2.92. The molecule has 2 aromatic rings. The number of hydrogen-bond donors (Lipinski definition) is 2. The van der Waals surface area contributed by atoms with Crippen LogP contribution in [0, 0.1) is 0 Å². The SMILES string of the molecule is CCCNC(=O)c1cccc(N2CCNC(c3ccccc3)C2)n1. The minimum atomic E-state index is -0.103. The Morgan fingerprint density at radius 2 is 2.08 bits per heavy atom. The first-order valence-corrected chi connectivity index (χ1v) is 8.56. The zero-order chi connectivity index (χ0) is 16.8. The molecular formula is C19H24N4O. The van der Waals surface area contributed by atoms with E-state index in [-0.39, 0.29) is 11.9 Å². The molecule has 2 heterocycles. The Labute approximate surface area is 143 Å². The number of aromatic nitrogens is 1. The number of nitrogens with one attached hydrogen (secondary N) is 2. The molecule has 1 aromatic heterocycles. The normalized spacial score (nSPS) is 17.5. The maximum atomic E-state index is 12.1. The number of pyridine rings is 1. The number of benzene rings is 1. The Balaban J connectivity index is 1.73. The molecule has 0 bridgehead atoms. The second-order valence-corrected chi connectivity index (χ2v) is 6.00. The van der Waals surface area contributed by atoms with Gasteiger partial charge in [-0.1, -0.05) is 43.3 Å². The summed E-state index contributed by atoms with van der Waals surface area (Å²) in [6, 6.07) is 16.4. The van der Waals surface area contributed by atoms with E-state index in [1.165, 1.54) is 5.56 Å². The lowest BCUT2D eigenvalue weighted by Gasteiger charge is -2.34. The summed E-state index contributed by atoms with van der Waals surface area (Å²) in [5.74, 6) is 0.759. The van der Waals surface area contributed by atoms with E-state index >= 15 is 0 Å². The molecule has 0 radical (unpaired) electrons. The maximum Gasteiger partial charge on any atom is 0.269 e. The Bertz CT molecular complexity index is 674. The number of amides is 1. The molecule has 24 heavy (non-hydrogen) atoms. The minimum absolute atomic E-state index is 0.103. The van der Waals surface area contributed by atoms with E-state index in [0.29, 0.717) is 12.2 Å². The lowest BCUT2D eigenvalue weighted by Crippen LogP contribution is -2.46. The first-order valence-electron chi connectivity index (χ1n) is 8.56. The van der Waals surface area contributed by atoms with Gasteiger partial charge in [0.1, 0.15) is 11.5 Å². The number of carbonyl (C=O) groups excluding carboxylic acids is 1. The highest BCUT2D eigenvalue weighted by Crippen LogP contribution is 2.21. The smallest absolute Gasteiger partial charge is 0.269 e. The third kappa shape index (κ3) is 3.92. The summed E-state index contributed by atoms with van der Waals surface area (Å²) in [6.07, 6.45) is 0.919. The van der Waals surface area contributed by atoms with Gasteiger partial charge in [-0.2, -0.15) is 0 Å². The van der Waals surface area contributed by atoms with Crippen LogP contribution in [-0.4, -0.2) is 37.1 Å². The van der Waals surface area contributed by atoms with Crippen molar-refractivity contribution in [3.63, 3.8) is 0 Å². The van der Waals surface area contributed by atoms with Crippen LogP contribution in [0.3, 0.4) is 0 Å². The molecule has 0 aliphatic carbocycles. The quantitative estimate of drug-likeness (QED) is 0.886. The first-order chi connectivity index (χ1) is 11.8. The zero-order valence-electron chi connectivity index (χ0n) is 14.0. The van der Waals surface area contributed by atoms with Gasteiger partial charge in [0.15, 0.2) is 0 Å². The van der Waals surface area contributed by atoms with Gasteiger partial charge in [0.2, 0.25) is 0 Å². The van der Waals surface area contributed by atoms with Gasteiger partial charge in [-0.15, -0.1) is 0 Å². The maximum absolute atomic E-state index is 12.1. The summed E-state index contributed by atoms with van der Waals surface area (Å²) in [5.41, 5.74) is 1.76. The molecule has 1 fully saturated rings. The topological polar surface area (TPSA) is 57.3 Å². The first kappa shape index (κ1) is 16.5. The van der Waals surface area contributed by atoms with Crippen LogP contribution < -0.4 is 15.5 Å². The highest BCUT2D eigenvalue weighted by Gasteiger charge is 2.22. The Hall–Kier alpha value is -2.40. The molecule has 1 atom stereocenters. The van der Waals surface area contributed by atoms with Crippen LogP contribution in [0.2, 0.25) is 0 Å². The number of carbonyl (C=O) groups is 1. The second kappa shape index (κ2) is 7.93. The largest absolute Gasteiger partial charge is 0.353 e. The van der Waals surface area contributed by atoms with Gasteiger partial charge in [-0.05, 0) is 24.1 Å². The van der Waals surface area contributed by atoms with Crippen LogP contribution >= 0.6 is 0 Å². The zero-order valence-corrected chi connectivity index (χ0v) is 14.0. The minimum Gasteiger partial charge on any atom is -0.353 e. The van der Waals surface area contributed by atoms with Crippen molar-refractivity contribution in [3.8, 4) is 0 Å². The van der Waals surface area contributed by atoms with Crippen LogP contribution in [0.4, 0.5) is 5.82 Å². The van der Waals surface area contributed by atoms with Gasteiger partial charge in [-0.25, -0.2) is 4.98 Å². The summed E-state index contributed by atoms with van der Waals surface area (Å²) in [5, 5.41) is 6.43. The molecule has 3 rings (SSSR count). The molecular weight excluding hydrogens is 300 g/mol. The number of nitrogens with zero attached hydrogens (tertiary/aromatic N) is 2. The number of piperazine rings is 1. The predicted molar refractivity (Wildman–Crippen MR) is 96.3 cm³/mol. The monoisotopic (exact) mass is 324 g/mol. The van der Waals surface area contributed by atoms with Crippen molar-refractivity contribution in [2.24, 2.45) is 0 Å². The van der Waals surface area contributed by atoms with Crippen molar-refractivity contribution in [1.29, 1.82) is 0 Å². The van der Waals surface area contributed by atoms with Crippen LogP contribution in [0.1, 0.15) is 35.4 Å². The molecule has 5 heteroatoms. The second-order valence-electron chi connectivity index (χ2n) is 6.00. The van der Waals surface area contributed by atoms with Crippen molar-refractivity contribution < 1.29 is 4.79 Å². The number of rotatable bonds is 5. The van der Waals surface area contributed by atoms with E-state index < -0.39 is 0 Å². The lowest BCUT2D eigenvalue weighted by atomic mass is 10.0. The molecule has 1 saturated heterocycles. The number of hydrogen-bond acceptors (Lipinski definition) is 4. The number of anilines is 1. The van der Waals surface area contributed by atoms with Crippen molar-refractivity contribution in [3.05, 3.63) is 59.8 Å². The summed E-state index contributed by atoms with van der Waals surface area (Å²) in [4.78, 5) is 18.9. The predicted octanol–water partition coefficient (Wildman–Crippen LogP) is 2.37. The van der Waals surface area contributed by atoms with Gasteiger partial charge in [0.05, 0.1) is 0 Å². The average molecular weight is 324 g/mol. The third-order valence-electron chi connectivity index (χ3n) is 4.20. The molecule has 0 spiro atoms. The Morgan fingerprint density at radius 3 is 2.88 bits per heavy atom. The van der Waals surface area contributed by atoms with Crippen molar-refractivity contribution in [2.45, 2.75) is 19.4 Å². The van der Waals surface area contributed by atoms with Gasteiger partial charge in [0, 0.05) is 32.2 Å². The van der Waals surface area contributed by atoms with E-state index in [1.54, 1.807) is 6.07 Å². The molecule has 1 aromatic carbocycles. The lowest BCUT2D eigenvalue weighted by molar-refractivity contribution is 0.0949. The average Bonchev–Trinajstić information content (AvgIpc) is 2.67. The summed E-state index contributed by atoms with van der Waals surface area (Å²) in [7, 11) is 0. The molecule has 1 unspecified atom stereocenters. The van der Waals surface area contributed by atoms with E-state index in [4.69, 9.17) is 0 Å². The summed E-state index contributed by atoms with van der Waals surface area (Å²) < 4.78 is 0. The highest BCUT2D eigenvalue weighted by molar-refractivity contribution is 5.92. The van der Waals surface area contributed by atoms with Gasteiger partial charge < -0.3 is 15.5 Å². The molecule has 1 aliphatic heterocycles. The fourth-order valence-electron chi connectivity index (χ4n) is 2.92. The van der Waals surface area contributed by atoms with E-state index in [1.807, 2.05) is 25.1 Å². The van der Waals surface area contributed by atoms with Gasteiger partial charge in [0.25, 0.3) is 5.91 Å². The van der Waals surface area contributed by atoms with Crippen LogP contribution in [0.5, 0.6) is 0 Å². The van der Waals surface area contributed by atoms with Crippen LogP contribution in [0.25, 0.3) is 0 Å². The molecule has 1 aliphatic rings. The fraction of sp³-hybridized carbons (Fsp3) is 0.368. The molecule has 2 N–H and O–H groups in total. The van der Waals surface area contributed by atoms with E-state index in [2.05, 4.69) is 44.8 Å². The Kier molecular flexibility index (Phi) is 5.43. The highest BCUT2D eigenvalue weighted by atomic mass is 16.1. The summed E-state index contributed by atoms with van der Waals surface area (Å²) >= 11 is 0. The van der Waals surface area contributed by atoms with Crippen LogP contribution in [-0.2, 0) is 0 Å². The molecule has 0 saturated carbocycles. The van der Waals surface area contributed by atoms with Crippen molar-refractivity contribution in [2.75, 3.05) is 31.1 Å². The van der Waals surface area contributed by atoms with E-state index in [0.717, 1.165) is 31.9 Å². The summed E-state index contributed by atoms with van der Waals surface area (Å²) in [6.45, 7) is 5.34. The Morgan fingerprint density at radius 1 is 1.25 bits per heavy atom. The van der Waals surface area contributed by atoms with E-state index in [9.17, 15) is 4.79 Å². The van der Waals surface area contributed by atoms with Crippen molar-refractivity contribution >= 4 is 11.7 Å².